The predicted octanol–water partition coefficient (Wildman–Crippen LogP) is 3.61. The molecule has 0 aliphatic rings. The number of nitrogens with one attached hydrogen (secondary N) is 2. The molecule has 0 spiro atoms. The van der Waals surface area contributed by atoms with Gasteiger partial charge in [-0.25, -0.2) is 9.37 Å². The number of aromatic nitrogens is 2. The molecule has 0 radical (unpaired) electrons. The summed E-state index contributed by atoms with van der Waals surface area (Å²) < 4.78 is 13.5. The molecule has 3 rings (SSSR count). The zero-order valence-electron chi connectivity index (χ0n) is 10.2. The molecule has 0 aliphatic carbocycles. The number of H-pyrrole nitrogens is 1. The SMILES string of the molecule is O=C(Nc1ccc2nc(Cl)[nH]c2c1)c1ccccc1F. The van der Waals surface area contributed by atoms with Gasteiger partial charge in [0.1, 0.15) is 5.82 Å². The van der Waals surface area contributed by atoms with Crippen molar-refractivity contribution in [1.29, 1.82) is 0 Å². The van der Waals surface area contributed by atoms with E-state index in [0.29, 0.717) is 16.7 Å². The Morgan fingerprint density at radius 3 is 2.85 bits per heavy atom. The van der Waals surface area contributed by atoms with Crippen molar-refractivity contribution in [3.63, 3.8) is 0 Å². The number of halogens is 2. The van der Waals surface area contributed by atoms with Crippen molar-refractivity contribution in [3.05, 3.63) is 59.1 Å². The maximum atomic E-state index is 13.5. The van der Waals surface area contributed by atoms with Crippen molar-refractivity contribution in [2.24, 2.45) is 0 Å². The Kier molecular flexibility index (Phi) is 3.12. The fraction of sp³-hybridized carbons (Fsp3) is 0. The maximum Gasteiger partial charge on any atom is 0.258 e. The summed E-state index contributed by atoms with van der Waals surface area (Å²) in [6.45, 7) is 0. The Labute approximate surface area is 118 Å². The number of carbonyl (C=O) groups is 1. The predicted molar refractivity (Wildman–Crippen MR) is 75.5 cm³/mol. The zero-order valence-corrected chi connectivity index (χ0v) is 10.9. The van der Waals surface area contributed by atoms with E-state index in [0.717, 1.165) is 0 Å². The van der Waals surface area contributed by atoms with E-state index < -0.39 is 11.7 Å². The first kappa shape index (κ1) is 12.6. The lowest BCUT2D eigenvalue weighted by molar-refractivity contribution is 0.102. The number of imidazole rings is 1. The lowest BCUT2D eigenvalue weighted by Gasteiger charge is -2.05. The molecule has 1 amide bonds. The van der Waals surface area contributed by atoms with Crippen LogP contribution in [0.1, 0.15) is 10.4 Å². The molecule has 0 unspecified atom stereocenters. The Morgan fingerprint density at radius 1 is 1.25 bits per heavy atom. The van der Waals surface area contributed by atoms with E-state index in [9.17, 15) is 9.18 Å². The van der Waals surface area contributed by atoms with Crippen LogP contribution in [0.15, 0.2) is 42.5 Å². The smallest absolute Gasteiger partial charge is 0.258 e. The topological polar surface area (TPSA) is 57.8 Å². The number of fused-ring (bicyclic) bond motifs is 1. The first-order valence-electron chi connectivity index (χ1n) is 5.84. The first-order valence-corrected chi connectivity index (χ1v) is 6.22. The van der Waals surface area contributed by atoms with Gasteiger partial charge in [-0.2, -0.15) is 0 Å². The zero-order chi connectivity index (χ0) is 14.1. The molecular formula is C14H9ClFN3O. The fourth-order valence-corrected chi connectivity index (χ4v) is 2.09. The van der Waals surface area contributed by atoms with Crippen molar-refractivity contribution in [2.75, 3.05) is 5.32 Å². The minimum atomic E-state index is -0.560. The molecule has 1 aromatic heterocycles. The van der Waals surface area contributed by atoms with Gasteiger partial charge in [-0.1, -0.05) is 12.1 Å². The molecule has 0 saturated carbocycles. The van der Waals surface area contributed by atoms with Gasteiger partial charge in [-0.15, -0.1) is 0 Å². The van der Waals surface area contributed by atoms with Crippen LogP contribution < -0.4 is 5.32 Å². The summed E-state index contributed by atoms with van der Waals surface area (Å²) >= 11 is 5.75. The maximum absolute atomic E-state index is 13.5. The van der Waals surface area contributed by atoms with Gasteiger partial charge in [-0.3, -0.25) is 4.79 Å². The molecule has 2 N–H and O–H groups in total. The number of anilines is 1. The second-order valence-corrected chi connectivity index (χ2v) is 4.55. The second-order valence-electron chi connectivity index (χ2n) is 4.19. The molecule has 3 aromatic rings. The van der Waals surface area contributed by atoms with E-state index in [1.54, 1.807) is 24.3 Å². The van der Waals surface area contributed by atoms with Crippen LogP contribution in [0.5, 0.6) is 0 Å². The molecule has 1 heterocycles. The summed E-state index contributed by atoms with van der Waals surface area (Å²) in [5.41, 5.74) is 1.92. The lowest BCUT2D eigenvalue weighted by Crippen LogP contribution is -2.13. The van der Waals surface area contributed by atoms with E-state index in [2.05, 4.69) is 15.3 Å². The Hall–Kier alpha value is -2.40. The van der Waals surface area contributed by atoms with E-state index in [-0.39, 0.29) is 10.8 Å². The fourth-order valence-electron chi connectivity index (χ4n) is 1.90. The van der Waals surface area contributed by atoms with Crippen LogP contribution in [0.25, 0.3) is 11.0 Å². The van der Waals surface area contributed by atoms with Crippen molar-refractivity contribution in [3.8, 4) is 0 Å². The quantitative estimate of drug-likeness (QED) is 0.757. The first-order chi connectivity index (χ1) is 9.63. The Balaban J connectivity index is 1.89. The number of nitrogens with zero attached hydrogens (tertiary/aromatic N) is 1. The molecule has 0 fully saturated rings. The van der Waals surface area contributed by atoms with Crippen LogP contribution in [0.4, 0.5) is 10.1 Å². The number of hydrogen-bond acceptors (Lipinski definition) is 2. The van der Waals surface area contributed by atoms with Gasteiger partial charge in [0.05, 0.1) is 16.6 Å². The third-order valence-electron chi connectivity index (χ3n) is 2.83. The Morgan fingerprint density at radius 2 is 2.05 bits per heavy atom. The van der Waals surface area contributed by atoms with E-state index in [1.165, 1.54) is 18.2 Å². The van der Waals surface area contributed by atoms with Crippen molar-refractivity contribution in [1.82, 2.24) is 9.97 Å². The van der Waals surface area contributed by atoms with Crippen molar-refractivity contribution >= 4 is 34.2 Å². The normalized spacial score (nSPS) is 10.7. The standard InChI is InChI=1S/C14H9ClFN3O/c15-14-18-11-6-5-8(7-12(11)19-14)17-13(20)9-3-1-2-4-10(9)16/h1-7H,(H,17,20)(H,18,19). The van der Waals surface area contributed by atoms with Gasteiger partial charge in [0.2, 0.25) is 5.28 Å². The molecule has 100 valence electrons. The number of carbonyl (C=O) groups excluding carboxylic acids is 1. The highest BCUT2D eigenvalue weighted by atomic mass is 35.5. The van der Waals surface area contributed by atoms with Gasteiger partial charge >= 0.3 is 0 Å². The number of amides is 1. The average Bonchev–Trinajstić information content (AvgIpc) is 2.78. The molecule has 0 bridgehead atoms. The highest BCUT2D eigenvalue weighted by Crippen LogP contribution is 2.20. The lowest BCUT2D eigenvalue weighted by atomic mass is 10.2. The van der Waals surface area contributed by atoms with Crippen LogP contribution in [0.2, 0.25) is 5.28 Å². The van der Waals surface area contributed by atoms with Gasteiger partial charge < -0.3 is 10.3 Å². The van der Waals surface area contributed by atoms with Crippen LogP contribution >= 0.6 is 11.6 Å². The van der Waals surface area contributed by atoms with Gasteiger partial charge in [0.15, 0.2) is 0 Å². The third-order valence-corrected chi connectivity index (χ3v) is 3.01. The molecule has 20 heavy (non-hydrogen) atoms. The summed E-state index contributed by atoms with van der Waals surface area (Å²) in [5, 5.41) is 2.91. The molecule has 4 nitrogen and oxygen atoms in total. The van der Waals surface area contributed by atoms with E-state index in [4.69, 9.17) is 11.6 Å². The number of benzene rings is 2. The number of hydrogen-bond donors (Lipinski definition) is 2. The molecule has 0 atom stereocenters. The monoisotopic (exact) mass is 289 g/mol. The summed E-state index contributed by atoms with van der Waals surface area (Å²) in [5.74, 6) is -1.07. The summed E-state index contributed by atoms with van der Waals surface area (Å²) in [6.07, 6.45) is 0. The highest BCUT2D eigenvalue weighted by molar-refractivity contribution is 6.29. The molecule has 0 saturated heterocycles. The van der Waals surface area contributed by atoms with Crippen LogP contribution in [0, 0.1) is 5.82 Å². The Bertz CT molecular complexity index is 800. The minimum absolute atomic E-state index is 0.00441. The second kappa shape index (κ2) is 4.94. The van der Waals surface area contributed by atoms with Crippen molar-refractivity contribution < 1.29 is 9.18 Å². The van der Waals surface area contributed by atoms with E-state index in [1.807, 2.05) is 0 Å². The van der Waals surface area contributed by atoms with E-state index >= 15 is 0 Å². The van der Waals surface area contributed by atoms with Crippen molar-refractivity contribution in [2.45, 2.75) is 0 Å². The summed E-state index contributed by atoms with van der Waals surface area (Å²) in [7, 11) is 0. The minimum Gasteiger partial charge on any atom is -0.329 e. The molecule has 6 heteroatoms. The average molecular weight is 290 g/mol. The largest absolute Gasteiger partial charge is 0.329 e. The highest BCUT2D eigenvalue weighted by Gasteiger charge is 2.11. The van der Waals surface area contributed by atoms with Gasteiger partial charge in [-0.05, 0) is 41.9 Å². The van der Waals surface area contributed by atoms with Crippen LogP contribution in [0.3, 0.4) is 0 Å². The van der Waals surface area contributed by atoms with Crippen LogP contribution in [-0.2, 0) is 0 Å². The molecule has 0 aliphatic heterocycles. The summed E-state index contributed by atoms with van der Waals surface area (Å²) in [6, 6.07) is 10.9. The molecular weight excluding hydrogens is 281 g/mol. The van der Waals surface area contributed by atoms with Crippen LogP contribution in [-0.4, -0.2) is 15.9 Å². The van der Waals surface area contributed by atoms with Gasteiger partial charge in [0, 0.05) is 5.69 Å². The third kappa shape index (κ3) is 2.35. The van der Waals surface area contributed by atoms with Gasteiger partial charge in [0.25, 0.3) is 5.91 Å². The molecule has 2 aromatic carbocycles. The summed E-state index contributed by atoms with van der Waals surface area (Å²) in [4.78, 5) is 18.9. The number of rotatable bonds is 2. The number of aromatic amines is 1.